The van der Waals surface area contributed by atoms with E-state index in [9.17, 15) is 14.4 Å². The van der Waals surface area contributed by atoms with E-state index >= 15 is 0 Å². The molecule has 1 aromatic carbocycles. The minimum Gasteiger partial charge on any atom is -0.351 e. The third-order valence-corrected chi connectivity index (χ3v) is 5.57. The minimum atomic E-state index is -0.753. The van der Waals surface area contributed by atoms with E-state index in [0.29, 0.717) is 23.5 Å². The van der Waals surface area contributed by atoms with Crippen molar-refractivity contribution in [2.45, 2.75) is 65.0 Å². The number of carbonyl (C=O) groups is 3. The van der Waals surface area contributed by atoms with E-state index in [2.05, 4.69) is 12.2 Å². The zero-order chi connectivity index (χ0) is 18.8. The zero-order valence-electron chi connectivity index (χ0n) is 15.8. The fraction of sp³-hybridized carbons (Fsp3) is 0.571. The Bertz CT molecular complexity index is 678. The maximum absolute atomic E-state index is 13.1. The van der Waals surface area contributed by atoms with Gasteiger partial charge in [0.25, 0.3) is 11.8 Å². The lowest BCUT2D eigenvalue weighted by molar-refractivity contribution is -0.126. The van der Waals surface area contributed by atoms with Gasteiger partial charge in [-0.25, -0.2) is 0 Å². The molecule has 1 fully saturated rings. The molecule has 1 heterocycles. The van der Waals surface area contributed by atoms with Gasteiger partial charge in [0.2, 0.25) is 5.91 Å². The summed E-state index contributed by atoms with van der Waals surface area (Å²) >= 11 is 0. The number of nitrogens with one attached hydrogen (secondary N) is 1. The Morgan fingerprint density at radius 1 is 1.12 bits per heavy atom. The van der Waals surface area contributed by atoms with Crippen molar-refractivity contribution >= 4 is 17.7 Å². The molecule has 26 heavy (non-hydrogen) atoms. The lowest BCUT2D eigenvalue weighted by atomic mass is 9.85. The average molecular weight is 356 g/mol. The van der Waals surface area contributed by atoms with Gasteiger partial charge >= 0.3 is 0 Å². The van der Waals surface area contributed by atoms with Crippen LogP contribution in [-0.2, 0) is 4.79 Å². The molecule has 3 rings (SSSR count). The molecule has 1 aromatic rings. The van der Waals surface area contributed by atoms with E-state index in [0.717, 1.165) is 19.3 Å². The van der Waals surface area contributed by atoms with Crippen LogP contribution >= 0.6 is 0 Å². The van der Waals surface area contributed by atoms with Crippen molar-refractivity contribution < 1.29 is 14.4 Å². The van der Waals surface area contributed by atoms with Gasteiger partial charge in [-0.3, -0.25) is 19.3 Å². The van der Waals surface area contributed by atoms with Gasteiger partial charge in [-0.2, -0.15) is 0 Å². The van der Waals surface area contributed by atoms with Crippen molar-refractivity contribution in [3.8, 4) is 0 Å². The van der Waals surface area contributed by atoms with E-state index < -0.39 is 6.04 Å². The second-order valence-electron chi connectivity index (χ2n) is 8.05. The predicted molar refractivity (Wildman–Crippen MR) is 99.7 cm³/mol. The van der Waals surface area contributed by atoms with Crippen LogP contribution in [0.5, 0.6) is 0 Å². The first-order valence-corrected chi connectivity index (χ1v) is 9.67. The summed E-state index contributed by atoms with van der Waals surface area (Å²) in [4.78, 5) is 39.9. The molecule has 1 aliphatic heterocycles. The van der Waals surface area contributed by atoms with Gasteiger partial charge in [-0.05, 0) is 43.2 Å². The third kappa shape index (κ3) is 3.53. The van der Waals surface area contributed by atoms with Gasteiger partial charge in [-0.15, -0.1) is 0 Å². The van der Waals surface area contributed by atoms with Crippen LogP contribution in [0.25, 0.3) is 0 Å². The van der Waals surface area contributed by atoms with E-state index in [1.165, 1.54) is 11.3 Å². The molecule has 0 radical (unpaired) electrons. The summed E-state index contributed by atoms with van der Waals surface area (Å²) in [7, 11) is 0. The number of rotatable bonds is 5. The van der Waals surface area contributed by atoms with Crippen LogP contribution in [0.4, 0.5) is 0 Å². The molecule has 1 aliphatic carbocycles. The van der Waals surface area contributed by atoms with E-state index in [4.69, 9.17) is 0 Å². The first kappa shape index (κ1) is 18.6. The van der Waals surface area contributed by atoms with Crippen LogP contribution in [0.3, 0.4) is 0 Å². The van der Waals surface area contributed by atoms with Gasteiger partial charge in [0.05, 0.1) is 11.1 Å². The van der Waals surface area contributed by atoms with Crippen LogP contribution in [0, 0.1) is 11.8 Å². The van der Waals surface area contributed by atoms with Gasteiger partial charge in [-0.1, -0.05) is 45.7 Å². The van der Waals surface area contributed by atoms with Gasteiger partial charge in [0, 0.05) is 6.04 Å². The molecule has 5 heteroatoms. The van der Waals surface area contributed by atoms with Crippen molar-refractivity contribution in [1.29, 1.82) is 0 Å². The van der Waals surface area contributed by atoms with Crippen LogP contribution in [0.15, 0.2) is 24.3 Å². The van der Waals surface area contributed by atoms with E-state index in [-0.39, 0.29) is 29.7 Å². The average Bonchev–Trinajstić information content (AvgIpc) is 2.86. The summed E-state index contributed by atoms with van der Waals surface area (Å²) in [5, 5.41) is 3.13. The fourth-order valence-electron chi connectivity index (χ4n) is 4.08. The van der Waals surface area contributed by atoms with Crippen LogP contribution in [0.1, 0.15) is 73.6 Å². The Kier molecular flexibility index (Phi) is 5.44. The van der Waals surface area contributed by atoms with E-state index in [1.54, 1.807) is 24.3 Å². The quantitative estimate of drug-likeness (QED) is 0.823. The molecule has 5 nitrogen and oxygen atoms in total. The lowest BCUT2D eigenvalue weighted by Gasteiger charge is -2.33. The van der Waals surface area contributed by atoms with Gasteiger partial charge in [0.1, 0.15) is 6.04 Å². The van der Waals surface area contributed by atoms with Crippen molar-refractivity contribution in [2.75, 3.05) is 0 Å². The second kappa shape index (κ2) is 7.60. The molecular formula is C21H28N2O3. The van der Waals surface area contributed by atoms with Crippen molar-refractivity contribution in [3.05, 3.63) is 35.4 Å². The maximum Gasteiger partial charge on any atom is 0.262 e. The zero-order valence-corrected chi connectivity index (χ0v) is 15.8. The molecule has 0 bridgehead atoms. The van der Waals surface area contributed by atoms with Crippen LogP contribution in [-0.4, -0.2) is 34.7 Å². The second-order valence-corrected chi connectivity index (χ2v) is 8.05. The topological polar surface area (TPSA) is 66.5 Å². The molecule has 1 N–H and O–H groups in total. The smallest absolute Gasteiger partial charge is 0.262 e. The van der Waals surface area contributed by atoms with Crippen molar-refractivity contribution in [1.82, 2.24) is 10.2 Å². The predicted octanol–water partition coefficient (Wildman–Crippen LogP) is 3.39. The molecule has 0 unspecified atom stereocenters. The Morgan fingerprint density at radius 2 is 1.69 bits per heavy atom. The van der Waals surface area contributed by atoms with Crippen LogP contribution in [0.2, 0.25) is 0 Å². The molecule has 0 spiro atoms. The van der Waals surface area contributed by atoms with Gasteiger partial charge in [0.15, 0.2) is 0 Å². The normalized spacial score (nSPS) is 23.9. The highest BCUT2D eigenvalue weighted by Crippen LogP contribution is 2.28. The molecule has 0 saturated heterocycles. The Morgan fingerprint density at radius 3 is 2.23 bits per heavy atom. The molecule has 0 aromatic heterocycles. The Balaban J connectivity index is 1.83. The summed E-state index contributed by atoms with van der Waals surface area (Å²) < 4.78 is 0. The number of carbonyl (C=O) groups excluding carboxylic acids is 3. The molecule has 2 aliphatic rings. The Hall–Kier alpha value is -2.17. The molecule has 3 atom stereocenters. The fourth-order valence-corrected chi connectivity index (χ4v) is 4.08. The van der Waals surface area contributed by atoms with Gasteiger partial charge < -0.3 is 5.32 Å². The SMILES string of the molecule is CC(C)C[C@H](C(=O)N[C@H]1CCCC[C@@H]1C)N1C(=O)c2ccccc2C1=O. The monoisotopic (exact) mass is 356 g/mol. The third-order valence-electron chi connectivity index (χ3n) is 5.57. The molecular weight excluding hydrogens is 328 g/mol. The van der Waals surface area contributed by atoms with Crippen molar-refractivity contribution in [2.24, 2.45) is 11.8 Å². The highest BCUT2D eigenvalue weighted by Gasteiger charge is 2.43. The van der Waals surface area contributed by atoms with Crippen molar-refractivity contribution in [3.63, 3.8) is 0 Å². The lowest BCUT2D eigenvalue weighted by Crippen LogP contribution is -2.53. The number of fused-ring (bicyclic) bond motifs is 1. The highest BCUT2D eigenvalue weighted by molar-refractivity contribution is 6.22. The minimum absolute atomic E-state index is 0.126. The number of hydrogen-bond acceptors (Lipinski definition) is 3. The first-order chi connectivity index (χ1) is 12.4. The summed E-state index contributed by atoms with van der Waals surface area (Å²) in [6.07, 6.45) is 4.84. The number of amides is 3. The number of imide groups is 1. The summed E-state index contributed by atoms with van der Waals surface area (Å²) in [5.41, 5.74) is 0.787. The number of hydrogen-bond donors (Lipinski definition) is 1. The number of benzene rings is 1. The maximum atomic E-state index is 13.1. The standard InChI is InChI=1S/C21H28N2O3/c1-13(2)12-18(19(24)22-17-11-7-4-8-14(17)3)23-20(25)15-9-5-6-10-16(15)21(23)26/h5-6,9-10,13-14,17-18H,4,7-8,11-12H2,1-3H3,(H,22,24)/t14-,17-,18+/m0/s1. The summed E-state index contributed by atoms with van der Waals surface area (Å²) in [5.74, 6) is -0.299. The molecule has 1 saturated carbocycles. The first-order valence-electron chi connectivity index (χ1n) is 9.67. The largest absolute Gasteiger partial charge is 0.351 e. The van der Waals surface area contributed by atoms with E-state index in [1.807, 2.05) is 13.8 Å². The molecule has 3 amide bonds. The molecule has 140 valence electrons. The summed E-state index contributed by atoms with van der Waals surface area (Å²) in [6.45, 7) is 6.16. The number of nitrogens with zero attached hydrogens (tertiary/aromatic N) is 1. The summed E-state index contributed by atoms with van der Waals surface area (Å²) in [6, 6.07) is 6.17. The Labute approximate surface area is 155 Å². The van der Waals surface area contributed by atoms with Crippen LogP contribution < -0.4 is 5.32 Å². The highest BCUT2D eigenvalue weighted by atomic mass is 16.2.